The first-order chi connectivity index (χ1) is 10.1. The fraction of sp³-hybridized carbons (Fsp3) is 0.533. The van der Waals surface area contributed by atoms with E-state index in [0.29, 0.717) is 24.8 Å². The van der Waals surface area contributed by atoms with Gasteiger partial charge in [0.2, 0.25) is 0 Å². The van der Waals surface area contributed by atoms with Crippen LogP contribution in [0.15, 0.2) is 24.3 Å². The van der Waals surface area contributed by atoms with Crippen LogP contribution in [-0.4, -0.2) is 29.9 Å². The van der Waals surface area contributed by atoms with Crippen molar-refractivity contribution in [2.75, 3.05) is 7.05 Å². The van der Waals surface area contributed by atoms with Crippen molar-refractivity contribution in [2.45, 2.75) is 43.7 Å². The number of alkyl halides is 3. The Hall–Kier alpha value is -1.31. The molecule has 1 fully saturated rings. The standard InChI is InChI=1S/C15H18F3NO3.ClH/c1-13(21)7-4-8-14(19-2,12(13)20)10-5-3-6-11(9-10)22-15(16,17)18;/h3,5-6,9,19,21H,4,7-8H2,1-2H3;1H/t13-,14+;/m0./s1. The van der Waals surface area contributed by atoms with Crippen molar-refractivity contribution in [3.8, 4) is 5.75 Å². The molecule has 130 valence electrons. The van der Waals surface area contributed by atoms with Gasteiger partial charge in [0, 0.05) is 0 Å². The summed E-state index contributed by atoms with van der Waals surface area (Å²) in [5.41, 5.74) is -2.38. The van der Waals surface area contributed by atoms with Gasteiger partial charge in [-0.25, -0.2) is 0 Å². The van der Waals surface area contributed by atoms with E-state index in [1.165, 1.54) is 25.1 Å². The molecule has 2 atom stereocenters. The number of ether oxygens (including phenoxy) is 1. The first kappa shape index (κ1) is 19.7. The zero-order chi connectivity index (χ0) is 16.6. The summed E-state index contributed by atoms with van der Waals surface area (Å²) in [7, 11) is 1.55. The average Bonchev–Trinajstić information content (AvgIpc) is 2.40. The predicted octanol–water partition coefficient (Wildman–Crippen LogP) is 2.93. The molecule has 0 radical (unpaired) electrons. The molecule has 1 aliphatic carbocycles. The largest absolute Gasteiger partial charge is 0.573 e. The quantitative estimate of drug-likeness (QED) is 0.877. The molecule has 23 heavy (non-hydrogen) atoms. The molecule has 1 aromatic rings. The minimum absolute atomic E-state index is 0. The summed E-state index contributed by atoms with van der Waals surface area (Å²) >= 11 is 0. The predicted molar refractivity (Wildman–Crippen MR) is 80.6 cm³/mol. The highest BCUT2D eigenvalue weighted by Gasteiger charge is 2.50. The topological polar surface area (TPSA) is 58.6 Å². The minimum atomic E-state index is -4.80. The Bertz CT molecular complexity index is 577. The smallest absolute Gasteiger partial charge is 0.406 e. The lowest BCUT2D eigenvalue weighted by molar-refractivity contribution is -0.274. The van der Waals surface area contributed by atoms with E-state index in [1.54, 1.807) is 13.1 Å². The van der Waals surface area contributed by atoms with Gasteiger partial charge in [0.25, 0.3) is 0 Å². The number of likely N-dealkylation sites (N-methyl/N-ethyl adjacent to an activating group) is 1. The van der Waals surface area contributed by atoms with E-state index < -0.39 is 29.0 Å². The van der Waals surface area contributed by atoms with Crippen molar-refractivity contribution in [1.82, 2.24) is 5.32 Å². The molecule has 8 heteroatoms. The van der Waals surface area contributed by atoms with Crippen molar-refractivity contribution in [2.24, 2.45) is 0 Å². The number of hydrogen-bond acceptors (Lipinski definition) is 4. The van der Waals surface area contributed by atoms with Crippen molar-refractivity contribution < 1.29 is 27.8 Å². The zero-order valence-corrected chi connectivity index (χ0v) is 13.6. The number of rotatable bonds is 3. The monoisotopic (exact) mass is 353 g/mol. The SMILES string of the molecule is CN[C@@]1(c2cccc(OC(F)(F)F)c2)CCC[C@](C)(O)C1=O.Cl. The molecule has 0 bridgehead atoms. The third-order valence-corrected chi connectivity index (χ3v) is 4.08. The van der Waals surface area contributed by atoms with Gasteiger partial charge in [-0.15, -0.1) is 25.6 Å². The summed E-state index contributed by atoms with van der Waals surface area (Å²) in [5, 5.41) is 13.1. The van der Waals surface area contributed by atoms with Crippen LogP contribution in [0.5, 0.6) is 5.75 Å². The maximum absolute atomic E-state index is 12.6. The van der Waals surface area contributed by atoms with Crippen LogP contribution >= 0.6 is 12.4 Å². The molecule has 1 saturated carbocycles. The van der Waals surface area contributed by atoms with Gasteiger partial charge >= 0.3 is 6.36 Å². The van der Waals surface area contributed by atoms with Crippen LogP contribution in [0, 0.1) is 0 Å². The third-order valence-electron chi connectivity index (χ3n) is 4.08. The van der Waals surface area contributed by atoms with Crippen LogP contribution in [0.1, 0.15) is 31.7 Å². The first-order valence-electron chi connectivity index (χ1n) is 6.93. The molecule has 0 aromatic heterocycles. The van der Waals surface area contributed by atoms with Gasteiger partial charge < -0.3 is 15.2 Å². The van der Waals surface area contributed by atoms with E-state index >= 15 is 0 Å². The molecule has 1 aliphatic rings. The molecule has 0 unspecified atom stereocenters. The molecule has 0 saturated heterocycles. The summed E-state index contributed by atoms with van der Waals surface area (Å²) in [6.45, 7) is 1.43. The maximum atomic E-state index is 12.6. The van der Waals surface area contributed by atoms with E-state index in [0.717, 1.165) is 0 Å². The lowest BCUT2D eigenvalue weighted by Crippen LogP contribution is -2.59. The molecule has 2 N–H and O–H groups in total. The van der Waals surface area contributed by atoms with Gasteiger partial charge in [0.15, 0.2) is 5.78 Å². The van der Waals surface area contributed by atoms with Crippen LogP contribution in [-0.2, 0) is 10.3 Å². The second-order valence-corrected chi connectivity index (χ2v) is 5.69. The fourth-order valence-corrected chi connectivity index (χ4v) is 3.00. The zero-order valence-electron chi connectivity index (χ0n) is 12.7. The van der Waals surface area contributed by atoms with Crippen molar-refractivity contribution in [1.29, 1.82) is 0 Å². The maximum Gasteiger partial charge on any atom is 0.573 e. The van der Waals surface area contributed by atoms with Crippen molar-refractivity contribution in [3.05, 3.63) is 29.8 Å². The van der Waals surface area contributed by atoms with Gasteiger partial charge in [0.05, 0.1) is 0 Å². The lowest BCUT2D eigenvalue weighted by atomic mass is 9.69. The van der Waals surface area contributed by atoms with E-state index in [9.17, 15) is 23.1 Å². The van der Waals surface area contributed by atoms with Crippen LogP contribution in [0.2, 0.25) is 0 Å². The first-order valence-corrected chi connectivity index (χ1v) is 6.93. The molecular formula is C15H19ClF3NO3. The number of halogens is 4. The Balaban J connectivity index is 0.00000264. The number of benzene rings is 1. The van der Waals surface area contributed by atoms with Gasteiger partial charge in [-0.3, -0.25) is 4.79 Å². The normalized spacial score (nSPS) is 28.2. The van der Waals surface area contributed by atoms with E-state index in [-0.39, 0.29) is 12.4 Å². The molecule has 2 rings (SSSR count). The summed E-state index contributed by atoms with van der Waals surface area (Å²) in [6.07, 6.45) is -3.50. The molecule has 4 nitrogen and oxygen atoms in total. The summed E-state index contributed by atoms with van der Waals surface area (Å²) < 4.78 is 41.0. The highest BCUT2D eigenvalue weighted by atomic mass is 35.5. The summed E-state index contributed by atoms with van der Waals surface area (Å²) in [5.74, 6) is -0.837. The van der Waals surface area contributed by atoms with Crippen molar-refractivity contribution in [3.63, 3.8) is 0 Å². The molecule has 0 heterocycles. The third kappa shape index (κ3) is 3.97. The molecule has 0 amide bonds. The van der Waals surface area contributed by atoms with Crippen LogP contribution in [0.25, 0.3) is 0 Å². The summed E-state index contributed by atoms with van der Waals surface area (Å²) in [4.78, 5) is 12.6. The second-order valence-electron chi connectivity index (χ2n) is 5.69. The van der Waals surface area contributed by atoms with Crippen LogP contribution in [0.3, 0.4) is 0 Å². The number of hydrogen-bond donors (Lipinski definition) is 2. The average molecular weight is 354 g/mol. The fourth-order valence-electron chi connectivity index (χ4n) is 3.00. The molecule has 1 aromatic carbocycles. The Kier molecular flexibility index (Phi) is 5.72. The number of nitrogens with one attached hydrogen (secondary N) is 1. The number of carbonyl (C=O) groups is 1. The highest BCUT2D eigenvalue weighted by Crippen LogP contribution is 2.40. The number of ketones is 1. The second kappa shape index (κ2) is 6.67. The Morgan fingerprint density at radius 1 is 1.30 bits per heavy atom. The Morgan fingerprint density at radius 2 is 1.96 bits per heavy atom. The number of aliphatic hydroxyl groups is 1. The molecule has 0 spiro atoms. The van der Waals surface area contributed by atoms with Crippen molar-refractivity contribution >= 4 is 18.2 Å². The Morgan fingerprint density at radius 3 is 2.52 bits per heavy atom. The van der Waals surface area contributed by atoms with Gasteiger partial charge in [-0.05, 0) is 50.9 Å². The van der Waals surface area contributed by atoms with Crippen LogP contribution in [0.4, 0.5) is 13.2 Å². The molecular weight excluding hydrogens is 335 g/mol. The van der Waals surface area contributed by atoms with Gasteiger partial charge in [-0.2, -0.15) is 0 Å². The highest BCUT2D eigenvalue weighted by molar-refractivity contribution is 5.96. The number of Topliss-reactive ketones (excluding diaryl/α,β-unsaturated/α-hetero) is 1. The van der Waals surface area contributed by atoms with Gasteiger partial charge in [0.1, 0.15) is 16.9 Å². The van der Waals surface area contributed by atoms with E-state index in [2.05, 4.69) is 10.1 Å². The summed E-state index contributed by atoms with van der Waals surface area (Å²) in [6, 6.07) is 5.31. The number of carbonyl (C=O) groups excluding carboxylic acids is 1. The lowest BCUT2D eigenvalue weighted by Gasteiger charge is -2.42. The van der Waals surface area contributed by atoms with Gasteiger partial charge in [-0.1, -0.05) is 12.1 Å². The van der Waals surface area contributed by atoms with Crippen LogP contribution < -0.4 is 10.1 Å². The Labute approximate surface area is 138 Å². The van der Waals surface area contributed by atoms with E-state index in [4.69, 9.17) is 0 Å². The molecule has 0 aliphatic heterocycles. The minimum Gasteiger partial charge on any atom is -0.406 e. The van der Waals surface area contributed by atoms with E-state index in [1.807, 2.05) is 0 Å².